The second kappa shape index (κ2) is 10.0. The summed E-state index contributed by atoms with van der Waals surface area (Å²) in [6.45, 7) is 0.379. The van der Waals surface area contributed by atoms with Crippen LogP contribution in [0.25, 0.3) is 6.08 Å². The smallest absolute Gasteiger partial charge is 0.335 e. The van der Waals surface area contributed by atoms with E-state index in [9.17, 15) is 14.4 Å². The number of amides is 4. The molecule has 0 aromatic heterocycles. The number of hydrogen-bond acceptors (Lipinski definition) is 4. The van der Waals surface area contributed by atoms with E-state index in [1.165, 1.54) is 6.08 Å². The van der Waals surface area contributed by atoms with Crippen LogP contribution < -0.4 is 15.0 Å². The highest BCUT2D eigenvalue weighted by molar-refractivity contribution is 9.11. The molecule has 0 radical (unpaired) electrons. The van der Waals surface area contributed by atoms with E-state index in [-0.39, 0.29) is 5.57 Å². The van der Waals surface area contributed by atoms with Gasteiger partial charge in [0.1, 0.15) is 17.9 Å². The Labute approximate surface area is 215 Å². The maximum Gasteiger partial charge on any atom is 0.335 e. The molecule has 1 aliphatic heterocycles. The van der Waals surface area contributed by atoms with Crippen LogP contribution in [0.15, 0.2) is 85.7 Å². The Kier molecular flexibility index (Phi) is 7.11. The zero-order chi connectivity index (χ0) is 23.5. The van der Waals surface area contributed by atoms with Crippen molar-refractivity contribution in [2.45, 2.75) is 6.61 Å². The van der Waals surface area contributed by atoms with E-state index in [0.29, 0.717) is 32.6 Å². The van der Waals surface area contributed by atoms with Gasteiger partial charge in [-0.2, -0.15) is 0 Å². The van der Waals surface area contributed by atoms with Gasteiger partial charge in [0.2, 0.25) is 0 Å². The van der Waals surface area contributed by atoms with E-state index < -0.39 is 17.8 Å². The quantitative estimate of drug-likeness (QED) is 0.267. The van der Waals surface area contributed by atoms with E-state index in [1.54, 1.807) is 36.4 Å². The fourth-order valence-corrected chi connectivity index (χ4v) is 4.89. The molecule has 1 fully saturated rings. The maximum atomic E-state index is 13.0. The first-order valence-electron chi connectivity index (χ1n) is 9.66. The molecule has 1 heterocycles. The molecule has 1 saturated heterocycles. The number of hydrogen-bond donors (Lipinski definition) is 1. The van der Waals surface area contributed by atoms with Crippen LogP contribution in [0, 0.1) is 0 Å². The average Bonchev–Trinajstić information content (AvgIpc) is 2.78. The molecule has 3 aromatic rings. The number of halogens is 3. The number of anilines is 1. The second-order valence-corrected chi connectivity index (χ2v) is 9.65. The van der Waals surface area contributed by atoms with Crippen molar-refractivity contribution < 1.29 is 19.1 Å². The van der Waals surface area contributed by atoms with Crippen LogP contribution >= 0.6 is 47.8 Å². The molecule has 33 heavy (non-hydrogen) atoms. The summed E-state index contributed by atoms with van der Waals surface area (Å²) in [6, 6.07) is 19.1. The molecular formula is C24H15Br3N2O4. The fraction of sp³-hybridized carbons (Fsp3) is 0.0417. The van der Waals surface area contributed by atoms with Crippen LogP contribution in [0.2, 0.25) is 0 Å². The third-order valence-electron chi connectivity index (χ3n) is 4.74. The van der Waals surface area contributed by atoms with E-state index in [4.69, 9.17) is 4.74 Å². The van der Waals surface area contributed by atoms with Crippen molar-refractivity contribution in [1.82, 2.24) is 5.32 Å². The predicted molar refractivity (Wildman–Crippen MR) is 136 cm³/mol. The fourth-order valence-electron chi connectivity index (χ4n) is 3.18. The molecular weight excluding hydrogens is 620 g/mol. The molecule has 0 atom stereocenters. The lowest BCUT2D eigenvalue weighted by molar-refractivity contribution is -0.122. The molecule has 0 spiro atoms. The van der Waals surface area contributed by atoms with Crippen molar-refractivity contribution in [3.05, 3.63) is 96.8 Å². The summed E-state index contributed by atoms with van der Waals surface area (Å²) in [6.07, 6.45) is 1.44. The maximum absolute atomic E-state index is 13.0. The van der Waals surface area contributed by atoms with E-state index in [1.807, 2.05) is 30.3 Å². The zero-order valence-electron chi connectivity index (χ0n) is 16.8. The van der Waals surface area contributed by atoms with Gasteiger partial charge in [0.15, 0.2) is 0 Å². The molecule has 1 N–H and O–H groups in total. The highest BCUT2D eigenvalue weighted by Crippen LogP contribution is 2.36. The number of imide groups is 2. The highest BCUT2D eigenvalue weighted by atomic mass is 79.9. The Morgan fingerprint density at radius 1 is 0.879 bits per heavy atom. The molecule has 0 saturated carbocycles. The number of nitrogens with zero attached hydrogens (tertiary/aromatic N) is 1. The summed E-state index contributed by atoms with van der Waals surface area (Å²) >= 11 is 10.3. The molecule has 9 heteroatoms. The molecule has 4 rings (SSSR count). The van der Waals surface area contributed by atoms with Crippen molar-refractivity contribution >= 4 is 77.4 Å². The van der Waals surface area contributed by atoms with Gasteiger partial charge in [-0.3, -0.25) is 14.9 Å². The normalized spacial score (nSPS) is 15.1. The summed E-state index contributed by atoms with van der Waals surface area (Å²) in [5.41, 5.74) is 1.79. The Morgan fingerprint density at radius 2 is 1.52 bits per heavy atom. The first-order valence-corrected chi connectivity index (χ1v) is 12.0. The largest absolute Gasteiger partial charge is 0.487 e. The predicted octanol–water partition coefficient (Wildman–Crippen LogP) is 6.22. The van der Waals surface area contributed by atoms with Gasteiger partial charge in [0.25, 0.3) is 11.8 Å². The monoisotopic (exact) mass is 632 g/mol. The third-order valence-corrected chi connectivity index (χ3v) is 6.45. The lowest BCUT2D eigenvalue weighted by Gasteiger charge is -2.26. The zero-order valence-corrected chi connectivity index (χ0v) is 21.6. The minimum atomic E-state index is -0.795. The summed E-state index contributed by atoms with van der Waals surface area (Å²) in [5.74, 6) is -0.871. The Bertz CT molecular complexity index is 1250. The number of urea groups is 1. The first kappa shape index (κ1) is 23.4. The van der Waals surface area contributed by atoms with Crippen molar-refractivity contribution in [3.8, 4) is 5.75 Å². The van der Waals surface area contributed by atoms with Gasteiger partial charge in [0.05, 0.1) is 14.6 Å². The molecule has 3 aromatic carbocycles. The number of carbonyl (C=O) groups is 3. The van der Waals surface area contributed by atoms with Crippen LogP contribution in [0.3, 0.4) is 0 Å². The number of rotatable bonds is 5. The average molecular weight is 635 g/mol. The van der Waals surface area contributed by atoms with Gasteiger partial charge in [0, 0.05) is 4.47 Å². The third kappa shape index (κ3) is 5.26. The lowest BCUT2D eigenvalue weighted by Crippen LogP contribution is -2.54. The molecule has 0 unspecified atom stereocenters. The molecule has 1 aliphatic rings. The van der Waals surface area contributed by atoms with Crippen LogP contribution in [0.1, 0.15) is 11.1 Å². The second-order valence-electron chi connectivity index (χ2n) is 7.02. The van der Waals surface area contributed by atoms with Crippen LogP contribution in [0.5, 0.6) is 5.75 Å². The van der Waals surface area contributed by atoms with Gasteiger partial charge in [-0.05, 0) is 85.5 Å². The minimum absolute atomic E-state index is 0.158. The Morgan fingerprint density at radius 3 is 2.15 bits per heavy atom. The van der Waals surface area contributed by atoms with Crippen LogP contribution in [-0.2, 0) is 16.2 Å². The van der Waals surface area contributed by atoms with Gasteiger partial charge >= 0.3 is 6.03 Å². The van der Waals surface area contributed by atoms with Gasteiger partial charge < -0.3 is 4.74 Å². The summed E-state index contributed by atoms with van der Waals surface area (Å²) in [5, 5.41) is 2.22. The number of ether oxygens (including phenoxy) is 1. The SMILES string of the molecule is O=C1NC(=O)N(c2ccc(Br)cc2)C(=O)/C1=C/c1cc(Br)c(OCc2ccccc2)c(Br)c1. The molecule has 166 valence electrons. The van der Waals surface area contributed by atoms with E-state index in [2.05, 4.69) is 53.1 Å². The Balaban J connectivity index is 1.61. The minimum Gasteiger partial charge on any atom is -0.487 e. The van der Waals surface area contributed by atoms with Crippen molar-refractivity contribution in [3.63, 3.8) is 0 Å². The number of carbonyl (C=O) groups excluding carboxylic acids is 3. The van der Waals surface area contributed by atoms with Crippen LogP contribution in [-0.4, -0.2) is 17.8 Å². The topological polar surface area (TPSA) is 75.7 Å². The number of benzene rings is 3. The van der Waals surface area contributed by atoms with Crippen molar-refractivity contribution in [1.29, 1.82) is 0 Å². The highest BCUT2D eigenvalue weighted by Gasteiger charge is 2.36. The Hall–Kier alpha value is -2.75. The first-order chi connectivity index (χ1) is 15.8. The molecule has 6 nitrogen and oxygen atoms in total. The standard InChI is InChI=1S/C24H15Br3N2O4/c25-16-6-8-17(9-7-16)29-23(31)18(22(30)28-24(29)32)10-15-11-19(26)21(20(27)12-15)33-13-14-4-2-1-3-5-14/h1-12H,13H2,(H,28,30,32)/b18-10+. The molecule has 0 bridgehead atoms. The molecule has 4 amide bonds. The summed E-state index contributed by atoms with van der Waals surface area (Å²) in [7, 11) is 0. The number of barbiturate groups is 1. The van der Waals surface area contributed by atoms with Gasteiger partial charge in [-0.15, -0.1) is 0 Å². The van der Waals surface area contributed by atoms with Gasteiger partial charge in [-0.1, -0.05) is 46.3 Å². The molecule has 0 aliphatic carbocycles. The van der Waals surface area contributed by atoms with Crippen molar-refractivity contribution in [2.75, 3.05) is 4.90 Å². The summed E-state index contributed by atoms with van der Waals surface area (Å²) < 4.78 is 8.01. The van der Waals surface area contributed by atoms with Gasteiger partial charge in [-0.25, -0.2) is 9.69 Å². The van der Waals surface area contributed by atoms with E-state index in [0.717, 1.165) is 14.9 Å². The number of nitrogens with one attached hydrogen (secondary N) is 1. The summed E-state index contributed by atoms with van der Waals surface area (Å²) in [4.78, 5) is 38.8. The lowest BCUT2D eigenvalue weighted by atomic mass is 10.1. The van der Waals surface area contributed by atoms with E-state index >= 15 is 0 Å². The van der Waals surface area contributed by atoms with Crippen molar-refractivity contribution in [2.24, 2.45) is 0 Å². The van der Waals surface area contributed by atoms with Crippen LogP contribution in [0.4, 0.5) is 10.5 Å².